The number of aromatic nitrogens is 5. The molecule has 2 aromatic heterocycles. The van der Waals surface area contributed by atoms with Gasteiger partial charge in [0.15, 0.2) is 15.3 Å². The second-order valence-electron chi connectivity index (χ2n) is 10.4. The summed E-state index contributed by atoms with van der Waals surface area (Å²) in [6, 6.07) is 0. The van der Waals surface area contributed by atoms with Crippen LogP contribution in [0.2, 0.25) is 0 Å². The first-order valence-corrected chi connectivity index (χ1v) is 15.9. The molecule has 0 atom stereocenters. The third-order valence-electron chi connectivity index (χ3n) is 7.71. The summed E-state index contributed by atoms with van der Waals surface area (Å²) in [6.45, 7) is 5.35. The number of hydrogen-bond acceptors (Lipinski definition) is 9. The Morgan fingerprint density at radius 2 is 1.75 bits per heavy atom. The van der Waals surface area contributed by atoms with E-state index >= 15 is 0 Å². The van der Waals surface area contributed by atoms with Crippen LogP contribution in [0, 0.1) is 23.2 Å². The average Bonchev–Trinajstić information content (AvgIpc) is 3.45. The molecule has 2 amide bonds. The fraction of sp³-hybridized carbons (Fsp3) is 0.750. The van der Waals surface area contributed by atoms with Crippen LogP contribution < -0.4 is 10.6 Å². The first-order valence-electron chi connectivity index (χ1n) is 13.1. The van der Waals surface area contributed by atoms with Gasteiger partial charge in [-0.15, -0.1) is 20.4 Å². The van der Waals surface area contributed by atoms with E-state index < -0.39 is 0 Å². The summed E-state index contributed by atoms with van der Waals surface area (Å²) in [7, 11) is 0. The zero-order valence-corrected chi connectivity index (χ0v) is 23.4. The van der Waals surface area contributed by atoms with Gasteiger partial charge in [-0.2, -0.15) is 0 Å². The van der Waals surface area contributed by atoms with Crippen LogP contribution in [0.25, 0.3) is 0 Å². The fourth-order valence-electron chi connectivity index (χ4n) is 6.56. The number of thioether (sulfide) groups is 2. The Morgan fingerprint density at radius 3 is 2.42 bits per heavy atom. The smallest absolute Gasteiger partial charge is 0.236 e. The molecular weight excluding hydrogens is 515 g/mol. The van der Waals surface area contributed by atoms with Crippen LogP contribution in [0.3, 0.4) is 0 Å². The highest BCUT2D eigenvalue weighted by Gasteiger charge is 2.54. The van der Waals surface area contributed by atoms with Crippen LogP contribution >= 0.6 is 34.9 Å². The van der Waals surface area contributed by atoms with Gasteiger partial charge in [0, 0.05) is 12.0 Å². The molecule has 2 heterocycles. The molecule has 4 bridgehead atoms. The topological polar surface area (TPSA) is 115 Å². The average molecular weight is 550 g/mol. The summed E-state index contributed by atoms with van der Waals surface area (Å²) < 4.78 is 2.91. The summed E-state index contributed by atoms with van der Waals surface area (Å²) in [5.41, 5.74) is -0.168. The number of rotatable bonds is 12. The van der Waals surface area contributed by atoms with E-state index in [-0.39, 0.29) is 23.0 Å². The van der Waals surface area contributed by atoms with Gasteiger partial charge in [0.05, 0.1) is 12.3 Å². The lowest BCUT2D eigenvalue weighted by Crippen LogP contribution is -2.53. The molecule has 12 heteroatoms. The molecule has 0 saturated heterocycles. The van der Waals surface area contributed by atoms with Crippen molar-refractivity contribution in [3.8, 4) is 0 Å². The maximum atomic E-state index is 13.4. The molecule has 2 aromatic rings. The predicted molar refractivity (Wildman–Crippen MR) is 143 cm³/mol. The Labute approximate surface area is 224 Å². The minimum atomic E-state index is -0.168. The molecule has 6 rings (SSSR count). The summed E-state index contributed by atoms with van der Waals surface area (Å²) in [6.07, 6.45) is 9.15. The number of carbonyl (C=O) groups excluding carboxylic acids is 2. The number of hydrogen-bond donors (Lipinski definition) is 2. The lowest BCUT2D eigenvalue weighted by Gasteiger charge is -2.55. The molecule has 0 aromatic carbocycles. The highest BCUT2D eigenvalue weighted by atomic mass is 32.2. The van der Waals surface area contributed by atoms with Crippen molar-refractivity contribution in [3.05, 3.63) is 5.82 Å². The molecule has 4 saturated carbocycles. The number of amides is 2. The van der Waals surface area contributed by atoms with Crippen molar-refractivity contribution in [2.24, 2.45) is 23.2 Å². The lowest BCUT2D eigenvalue weighted by molar-refractivity contribution is -0.146. The Bertz CT molecular complexity index is 1050. The van der Waals surface area contributed by atoms with Crippen molar-refractivity contribution in [1.29, 1.82) is 0 Å². The number of nitrogens with zero attached hydrogens (tertiary/aromatic N) is 5. The van der Waals surface area contributed by atoms with Crippen molar-refractivity contribution >= 4 is 51.8 Å². The Morgan fingerprint density at radius 1 is 1.03 bits per heavy atom. The quantitative estimate of drug-likeness (QED) is 0.292. The van der Waals surface area contributed by atoms with Crippen molar-refractivity contribution in [3.63, 3.8) is 0 Å². The first kappa shape index (κ1) is 26.0. The number of anilines is 1. The van der Waals surface area contributed by atoms with Crippen LogP contribution in [0.15, 0.2) is 9.50 Å². The van der Waals surface area contributed by atoms with Crippen molar-refractivity contribution in [1.82, 2.24) is 30.3 Å². The van der Waals surface area contributed by atoms with E-state index in [2.05, 4.69) is 49.4 Å². The molecule has 0 radical (unpaired) electrons. The van der Waals surface area contributed by atoms with E-state index in [4.69, 9.17) is 0 Å². The van der Waals surface area contributed by atoms with Gasteiger partial charge in [0.25, 0.3) is 0 Å². The van der Waals surface area contributed by atoms with Crippen LogP contribution in [0.5, 0.6) is 0 Å². The highest BCUT2D eigenvalue weighted by molar-refractivity contribution is 8.01. The molecule has 4 aliphatic rings. The number of nitrogens with one attached hydrogen (secondary N) is 2. The third-order valence-corrected chi connectivity index (χ3v) is 10.5. The van der Waals surface area contributed by atoms with Crippen molar-refractivity contribution < 1.29 is 9.59 Å². The third kappa shape index (κ3) is 5.75. The van der Waals surface area contributed by atoms with Gasteiger partial charge in [-0.1, -0.05) is 55.1 Å². The van der Waals surface area contributed by atoms with Gasteiger partial charge in [-0.25, -0.2) is 0 Å². The molecule has 0 unspecified atom stereocenters. The van der Waals surface area contributed by atoms with Crippen molar-refractivity contribution in [2.75, 3.05) is 16.8 Å². The monoisotopic (exact) mass is 549 g/mol. The van der Waals surface area contributed by atoms with Crippen LogP contribution in [0.4, 0.5) is 5.13 Å². The van der Waals surface area contributed by atoms with Gasteiger partial charge in [-0.05, 0) is 68.5 Å². The Hall–Kier alpha value is -1.66. The van der Waals surface area contributed by atoms with E-state index in [9.17, 15) is 9.59 Å². The minimum absolute atomic E-state index is 0.147. The highest BCUT2D eigenvalue weighted by Crippen LogP contribution is 2.60. The normalized spacial score (nSPS) is 26.3. The maximum absolute atomic E-state index is 13.4. The molecule has 4 aliphatic carbocycles. The summed E-state index contributed by atoms with van der Waals surface area (Å²) in [5.74, 6) is 4.15. The van der Waals surface area contributed by atoms with E-state index in [1.807, 2.05) is 0 Å². The van der Waals surface area contributed by atoms with E-state index in [0.717, 1.165) is 72.3 Å². The molecule has 196 valence electrons. The summed E-state index contributed by atoms with van der Waals surface area (Å²) in [5, 5.41) is 24.1. The fourth-order valence-corrected chi connectivity index (χ4v) is 9.01. The predicted octanol–water partition coefficient (Wildman–Crippen LogP) is 4.61. The number of unbranched alkanes of at least 4 members (excludes halogenated alkanes) is 1. The van der Waals surface area contributed by atoms with Crippen LogP contribution in [-0.4, -0.2) is 48.3 Å². The van der Waals surface area contributed by atoms with Crippen LogP contribution in [0.1, 0.15) is 71.0 Å². The molecule has 9 nitrogen and oxygen atoms in total. The van der Waals surface area contributed by atoms with Crippen LogP contribution in [-0.2, 0) is 22.7 Å². The lowest BCUT2D eigenvalue weighted by atomic mass is 9.49. The van der Waals surface area contributed by atoms with Gasteiger partial charge in [0.1, 0.15) is 0 Å². The van der Waals surface area contributed by atoms with E-state index in [1.54, 1.807) is 11.8 Å². The van der Waals surface area contributed by atoms with Gasteiger partial charge < -0.3 is 9.88 Å². The van der Waals surface area contributed by atoms with E-state index in [1.165, 1.54) is 42.4 Å². The van der Waals surface area contributed by atoms with Crippen molar-refractivity contribution in [2.45, 2.75) is 87.8 Å². The molecule has 0 aliphatic heterocycles. The summed E-state index contributed by atoms with van der Waals surface area (Å²) in [4.78, 5) is 25.9. The second kappa shape index (κ2) is 11.4. The first-order chi connectivity index (χ1) is 17.5. The SMILES string of the molecule is CCCCn1c(CNC(=O)C23CC4CC(CC(C4)C2)C3)nnc1SCC(=O)Nc1nnc(SCC)s1. The standard InChI is InChI=1S/C24H35N7O2S3/c1-3-5-6-31-18(13-25-20(33)24-10-15-7-16(11-24)9-17(8-15)12-24)27-29-22(31)35-14-19(32)26-21-28-30-23(36-21)34-4-2/h15-17H,3-14H2,1-2H3,(H,25,33)(H,26,28,32). The Kier molecular flexibility index (Phi) is 8.21. The zero-order valence-electron chi connectivity index (χ0n) is 21.0. The largest absolute Gasteiger partial charge is 0.348 e. The minimum Gasteiger partial charge on any atom is -0.348 e. The second-order valence-corrected chi connectivity index (χ2v) is 13.9. The van der Waals surface area contributed by atoms with E-state index in [0.29, 0.717) is 16.8 Å². The van der Waals surface area contributed by atoms with Gasteiger partial charge in [-0.3, -0.25) is 14.9 Å². The Balaban J connectivity index is 1.18. The number of carbonyl (C=O) groups is 2. The zero-order chi connectivity index (χ0) is 25.1. The summed E-state index contributed by atoms with van der Waals surface area (Å²) >= 11 is 4.35. The molecular formula is C24H35N7O2S3. The molecule has 2 N–H and O–H groups in total. The molecule has 36 heavy (non-hydrogen) atoms. The van der Waals surface area contributed by atoms with Gasteiger partial charge in [0.2, 0.25) is 16.9 Å². The molecule has 0 spiro atoms. The molecule has 4 fully saturated rings. The van der Waals surface area contributed by atoms with Gasteiger partial charge >= 0.3 is 0 Å². The maximum Gasteiger partial charge on any atom is 0.236 e.